The maximum absolute atomic E-state index is 14.8. The number of ether oxygens (including phenoxy) is 3. The number of hydrogen-bond donors (Lipinski definition) is 5. The number of nitrogens with zero attached hydrogens (tertiary/aromatic N) is 13. The molecule has 0 saturated carbocycles. The monoisotopic (exact) mass is 1080 g/mol. The van der Waals surface area contributed by atoms with E-state index in [0.717, 1.165) is 46.0 Å². The van der Waals surface area contributed by atoms with Crippen molar-refractivity contribution in [3.63, 3.8) is 0 Å². The lowest BCUT2D eigenvalue weighted by Gasteiger charge is -2.38. The van der Waals surface area contributed by atoms with Crippen LogP contribution >= 0.6 is 0 Å². The first-order chi connectivity index (χ1) is 38.4. The van der Waals surface area contributed by atoms with Gasteiger partial charge in [-0.1, -0.05) is 86.9 Å². The number of carbonyl (C=O) groups excluding carboxylic acids is 2. The largest absolute Gasteiger partial charge is 0.377 e. The van der Waals surface area contributed by atoms with Crippen molar-refractivity contribution < 1.29 is 23.8 Å². The Hall–Kier alpha value is -7.49. The standard InChI is InChI=1S/C56H76N18O5/c1-6-25-77-27-29-79-30-28-78-26-16-59-54-62-55(71-21-17-69(18-22-71)52(75)49(34-42-32-40-12-8-10-14-45(40)60-42)73-36-47(65-67-73)44(57)31-38(3)4)64-56(63-54)72-23-19-70(20-24-72)53(76)50(35-43-33-41-13-9-11-15-46(41)61-43)74-37-48(66-68-74)51(58)39(5)7-2/h1,8-15,32-33,36-39,44,49-51,60-61H,7,16-31,34-35,57-58H2,2-5H3,(H,59,62,63,64)/t39?,44-,49-,50+,51-/m0/s1. The van der Waals surface area contributed by atoms with Crippen LogP contribution in [0.15, 0.2) is 73.1 Å². The second-order valence-corrected chi connectivity index (χ2v) is 20.9. The molecule has 1 unspecified atom stereocenters. The first-order valence-electron chi connectivity index (χ1n) is 27.7. The number of aromatic amines is 2. The summed E-state index contributed by atoms with van der Waals surface area (Å²) < 4.78 is 20.0. The van der Waals surface area contributed by atoms with Crippen molar-refractivity contribution in [1.82, 2.24) is 64.7 Å². The van der Waals surface area contributed by atoms with Gasteiger partial charge in [0, 0.05) is 94.2 Å². The average Bonchev–Trinajstić information content (AvgIpc) is 4.39. The second-order valence-electron chi connectivity index (χ2n) is 20.9. The highest BCUT2D eigenvalue weighted by molar-refractivity contribution is 5.84. The zero-order chi connectivity index (χ0) is 55.3. The molecule has 2 fully saturated rings. The summed E-state index contributed by atoms with van der Waals surface area (Å²) in [6.45, 7) is 14.7. The topological polar surface area (TPSA) is 271 Å². The number of piperazine rings is 2. The van der Waals surface area contributed by atoms with Gasteiger partial charge >= 0.3 is 0 Å². The Labute approximate surface area is 461 Å². The first kappa shape index (κ1) is 56.2. The van der Waals surface area contributed by atoms with Gasteiger partial charge in [0.15, 0.2) is 0 Å². The van der Waals surface area contributed by atoms with Crippen molar-refractivity contribution in [2.24, 2.45) is 23.3 Å². The van der Waals surface area contributed by atoms with Crippen molar-refractivity contribution in [3.05, 3.63) is 95.8 Å². The number of carbonyl (C=O) groups is 2. The molecule has 9 rings (SSSR count). The molecule has 0 spiro atoms. The van der Waals surface area contributed by atoms with Gasteiger partial charge in [-0.3, -0.25) is 9.59 Å². The fraction of sp³-hybridized carbons (Fsp3) is 0.518. The molecular weight excluding hydrogens is 1000 g/mol. The molecule has 420 valence electrons. The minimum atomic E-state index is -0.664. The average molecular weight is 1080 g/mol. The van der Waals surface area contributed by atoms with E-state index < -0.39 is 12.1 Å². The molecule has 0 radical (unpaired) electrons. The molecular formula is C56H76N18O5. The highest BCUT2D eigenvalue weighted by Crippen LogP contribution is 2.28. The van der Waals surface area contributed by atoms with E-state index in [1.807, 2.05) is 58.6 Å². The molecule has 2 saturated heterocycles. The Bertz CT molecular complexity index is 3040. The highest BCUT2D eigenvalue weighted by atomic mass is 16.5. The number of anilines is 3. The number of aromatic nitrogens is 11. The Morgan fingerprint density at radius 3 is 1.68 bits per heavy atom. The number of fused-ring (bicyclic) bond motifs is 2. The van der Waals surface area contributed by atoms with E-state index in [1.54, 1.807) is 9.36 Å². The third kappa shape index (κ3) is 14.4. The lowest BCUT2D eigenvalue weighted by molar-refractivity contribution is -0.136. The summed E-state index contributed by atoms with van der Waals surface area (Å²) in [6, 6.07) is 18.4. The number of H-pyrrole nitrogens is 2. The summed E-state index contributed by atoms with van der Waals surface area (Å²) in [5.41, 5.74) is 18.3. The molecule has 7 N–H and O–H groups in total. The Kier molecular flexibility index (Phi) is 19.2. The zero-order valence-corrected chi connectivity index (χ0v) is 45.9. The lowest BCUT2D eigenvalue weighted by atomic mass is 9.98. The van der Waals surface area contributed by atoms with E-state index >= 15 is 0 Å². The molecule has 2 aliphatic rings. The third-order valence-corrected chi connectivity index (χ3v) is 14.8. The number of nitrogens with two attached hydrogens (primary N) is 2. The highest BCUT2D eigenvalue weighted by Gasteiger charge is 2.35. The van der Waals surface area contributed by atoms with E-state index in [4.69, 9.17) is 47.1 Å². The van der Waals surface area contributed by atoms with Crippen LogP contribution in [0.1, 0.15) is 87.5 Å². The maximum Gasteiger partial charge on any atom is 0.248 e. The number of rotatable bonds is 27. The first-order valence-corrected chi connectivity index (χ1v) is 27.7. The molecule has 2 aromatic carbocycles. The van der Waals surface area contributed by atoms with Crippen LogP contribution in [0.3, 0.4) is 0 Å². The quantitative estimate of drug-likeness (QED) is 0.0351. The summed E-state index contributed by atoms with van der Waals surface area (Å²) in [7, 11) is 0. The predicted molar refractivity (Wildman–Crippen MR) is 302 cm³/mol. The number of hydrogen-bond acceptors (Lipinski definition) is 17. The number of terminal acetylenes is 1. The van der Waals surface area contributed by atoms with Crippen molar-refractivity contribution in [2.45, 2.75) is 77.5 Å². The molecule has 5 atom stereocenters. The third-order valence-electron chi connectivity index (χ3n) is 14.8. The van der Waals surface area contributed by atoms with Gasteiger partial charge in [-0.2, -0.15) is 15.0 Å². The minimum absolute atomic E-state index is 0.0663. The molecule has 2 amide bonds. The molecule has 5 aromatic heterocycles. The zero-order valence-electron chi connectivity index (χ0n) is 45.9. The smallest absolute Gasteiger partial charge is 0.248 e. The van der Waals surface area contributed by atoms with Crippen molar-refractivity contribution in [2.75, 3.05) is 114 Å². The van der Waals surface area contributed by atoms with E-state index in [2.05, 4.69) is 104 Å². The number of amides is 2. The number of benzene rings is 2. The van der Waals surface area contributed by atoms with Gasteiger partial charge in [0.05, 0.1) is 68.9 Å². The van der Waals surface area contributed by atoms with Crippen molar-refractivity contribution in [1.29, 1.82) is 0 Å². The summed E-state index contributed by atoms with van der Waals surface area (Å²) in [5.74, 6) is 4.21. The Morgan fingerprint density at radius 1 is 0.684 bits per heavy atom. The minimum Gasteiger partial charge on any atom is -0.377 e. The van der Waals surface area contributed by atoms with Gasteiger partial charge in [0.25, 0.3) is 0 Å². The van der Waals surface area contributed by atoms with Crippen LogP contribution in [0.25, 0.3) is 21.8 Å². The molecule has 0 aliphatic carbocycles. The van der Waals surface area contributed by atoms with Crippen molar-refractivity contribution >= 4 is 51.5 Å². The van der Waals surface area contributed by atoms with Gasteiger partial charge in [-0.25, -0.2) is 9.36 Å². The SMILES string of the molecule is C#CCOCCOCCOCCNc1nc(N2CCN(C(=O)[C@@H](Cc3cc4ccccc4[nH]3)n3cc([C@@H](N)C(C)CC)nn3)CC2)nc(N2CCN(C(=O)[C@H](Cc3cc4ccccc4[nH]3)n3cc([C@@H](N)CC(C)C)nn3)CC2)n1. The summed E-state index contributed by atoms with van der Waals surface area (Å²) in [6.07, 6.45) is 11.3. The van der Waals surface area contributed by atoms with Gasteiger partial charge in [0.1, 0.15) is 18.7 Å². The number of nitrogens with one attached hydrogen (secondary N) is 3. The van der Waals surface area contributed by atoms with Crippen LogP contribution in [0.5, 0.6) is 0 Å². The molecule has 2 aliphatic heterocycles. The van der Waals surface area contributed by atoms with E-state index in [1.165, 1.54) is 0 Å². The van der Waals surface area contributed by atoms with Crippen LogP contribution in [0.2, 0.25) is 0 Å². The maximum atomic E-state index is 14.8. The Balaban J connectivity index is 0.894. The van der Waals surface area contributed by atoms with E-state index in [9.17, 15) is 9.59 Å². The predicted octanol–water partition coefficient (Wildman–Crippen LogP) is 4.47. The molecule has 23 heteroatoms. The summed E-state index contributed by atoms with van der Waals surface area (Å²) in [4.78, 5) is 59.3. The van der Waals surface area contributed by atoms with Gasteiger partial charge < -0.3 is 60.6 Å². The normalized spacial score (nSPS) is 16.1. The van der Waals surface area contributed by atoms with Crippen LogP contribution in [-0.2, 0) is 36.6 Å². The molecule has 0 bridgehead atoms. The molecule has 23 nitrogen and oxygen atoms in total. The van der Waals surface area contributed by atoms with E-state index in [-0.39, 0.29) is 36.4 Å². The summed E-state index contributed by atoms with van der Waals surface area (Å²) in [5, 5.41) is 23.4. The van der Waals surface area contributed by atoms with Crippen molar-refractivity contribution in [3.8, 4) is 12.3 Å². The van der Waals surface area contributed by atoms with Crippen LogP contribution in [0, 0.1) is 24.2 Å². The lowest BCUT2D eigenvalue weighted by Crippen LogP contribution is -2.52. The second kappa shape index (κ2) is 26.9. The van der Waals surface area contributed by atoms with Gasteiger partial charge in [-0.05, 0) is 53.3 Å². The van der Waals surface area contributed by atoms with E-state index in [0.29, 0.717) is 140 Å². The van der Waals surface area contributed by atoms with Gasteiger partial charge in [-0.15, -0.1) is 16.6 Å². The number of para-hydroxylation sites is 2. The van der Waals surface area contributed by atoms with Gasteiger partial charge in [0.2, 0.25) is 29.7 Å². The summed E-state index contributed by atoms with van der Waals surface area (Å²) >= 11 is 0. The Morgan fingerprint density at radius 2 is 1.18 bits per heavy atom. The fourth-order valence-electron chi connectivity index (χ4n) is 10.1. The molecule has 7 heterocycles. The molecule has 7 aromatic rings. The fourth-order valence-corrected chi connectivity index (χ4v) is 10.1. The van der Waals surface area contributed by atoms with Crippen LogP contribution < -0.4 is 26.6 Å². The van der Waals surface area contributed by atoms with Crippen LogP contribution in [-0.4, -0.2) is 175 Å². The van der Waals surface area contributed by atoms with Crippen LogP contribution in [0.4, 0.5) is 17.8 Å². The molecule has 79 heavy (non-hydrogen) atoms.